The number of anilines is 2. The molecule has 4 heterocycles. The SMILES string of the molecule is Cc1nnc(N2CCC(N3CCOc4cccnc43)CC2)n1-c1ccc(Cl)cc1. The van der Waals surface area contributed by atoms with Gasteiger partial charge in [-0.15, -0.1) is 10.2 Å². The number of hydrogen-bond acceptors (Lipinski definition) is 6. The van der Waals surface area contributed by atoms with Gasteiger partial charge >= 0.3 is 0 Å². The highest BCUT2D eigenvalue weighted by Gasteiger charge is 2.31. The summed E-state index contributed by atoms with van der Waals surface area (Å²) in [5, 5.41) is 9.53. The molecule has 2 aliphatic rings. The first-order valence-electron chi connectivity index (χ1n) is 9.98. The van der Waals surface area contributed by atoms with Gasteiger partial charge in [0.1, 0.15) is 12.4 Å². The highest BCUT2D eigenvalue weighted by atomic mass is 35.5. The molecule has 2 aliphatic heterocycles. The molecule has 5 rings (SSSR count). The zero-order valence-corrected chi connectivity index (χ0v) is 17.1. The van der Waals surface area contributed by atoms with E-state index in [1.165, 1.54) is 0 Å². The van der Waals surface area contributed by atoms with Crippen LogP contribution in [0.1, 0.15) is 18.7 Å². The molecule has 0 radical (unpaired) electrons. The van der Waals surface area contributed by atoms with E-state index in [9.17, 15) is 0 Å². The number of hydrogen-bond donors (Lipinski definition) is 0. The lowest BCUT2D eigenvalue weighted by atomic mass is 10.0. The van der Waals surface area contributed by atoms with Gasteiger partial charge in [0.25, 0.3) is 0 Å². The maximum absolute atomic E-state index is 6.06. The second-order valence-electron chi connectivity index (χ2n) is 7.44. The van der Waals surface area contributed by atoms with Crippen molar-refractivity contribution in [3.8, 4) is 11.4 Å². The van der Waals surface area contributed by atoms with Crippen LogP contribution in [0.4, 0.5) is 11.8 Å². The van der Waals surface area contributed by atoms with Crippen LogP contribution in [0.5, 0.6) is 5.75 Å². The van der Waals surface area contributed by atoms with Crippen molar-refractivity contribution in [2.45, 2.75) is 25.8 Å². The van der Waals surface area contributed by atoms with Gasteiger partial charge in [0, 0.05) is 30.4 Å². The predicted molar refractivity (Wildman–Crippen MR) is 113 cm³/mol. The van der Waals surface area contributed by atoms with Crippen LogP contribution >= 0.6 is 11.6 Å². The van der Waals surface area contributed by atoms with Crippen LogP contribution in [0.2, 0.25) is 5.02 Å². The summed E-state index contributed by atoms with van der Waals surface area (Å²) in [5.74, 6) is 3.62. The van der Waals surface area contributed by atoms with Crippen LogP contribution in [0.25, 0.3) is 5.69 Å². The number of fused-ring (bicyclic) bond motifs is 1. The number of piperidine rings is 1. The standard InChI is InChI=1S/C21H23ClN6O/c1-15-24-25-21(28(15)18-6-4-16(22)5-7-18)26-11-8-17(9-12-26)27-13-14-29-19-3-2-10-23-20(19)27/h2-7,10,17H,8-9,11-14H2,1H3. The molecular weight excluding hydrogens is 388 g/mol. The molecule has 3 aromatic rings. The minimum absolute atomic E-state index is 0.455. The van der Waals surface area contributed by atoms with Crippen LogP contribution in [-0.2, 0) is 0 Å². The first-order chi connectivity index (χ1) is 14.2. The Kier molecular flexibility index (Phi) is 4.75. The van der Waals surface area contributed by atoms with Crippen molar-refractivity contribution in [1.82, 2.24) is 19.7 Å². The first kappa shape index (κ1) is 18.2. The number of ether oxygens (including phenoxy) is 1. The molecule has 0 bridgehead atoms. The highest BCUT2D eigenvalue weighted by molar-refractivity contribution is 6.30. The number of aromatic nitrogens is 4. The fourth-order valence-corrected chi connectivity index (χ4v) is 4.38. The van der Waals surface area contributed by atoms with E-state index < -0.39 is 0 Å². The summed E-state index contributed by atoms with van der Waals surface area (Å²) in [4.78, 5) is 9.30. The van der Waals surface area contributed by atoms with Crippen molar-refractivity contribution < 1.29 is 4.74 Å². The van der Waals surface area contributed by atoms with Crippen molar-refractivity contribution in [1.29, 1.82) is 0 Å². The van der Waals surface area contributed by atoms with Crippen LogP contribution in [0.3, 0.4) is 0 Å². The molecule has 0 unspecified atom stereocenters. The first-order valence-corrected chi connectivity index (χ1v) is 10.4. The zero-order chi connectivity index (χ0) is 19.8. The molecule has 0 N–H and O–H groups in total. The van der Waals surface area contributed by atoms with E-state index in [0.29, 0.717) is 12.6 Å². The molecule has 0 aliphatic carbocycles. The minimum atomic E-state index is 0.455. The Hall–Kier alpha value is -2.80. The van der Waals surface area contributed by atoms with Crippen LogP contribution in [0.15, 0.2) is 42.6 Å². The predicted octanol–water partition coefficient (Wildman–Crippen LogP) is 3.49. The van der Waals surface area contributed by atoms with E-state index >= 15 is 0 Å². The summed E-state index contributed by atoms with van der Waals surface area (Å²) in [6.45, 7) is 5.43. The largest absolute Gasteiger partial charge is 0.488 e. The summed E-state index contributed by atoms with van der Waals surface area (Å²) >= 11 is 6.06. The van der Waals surface area contributed by atoms with Crippen molar-refractivity contribution in [3.05, 3.63) is 53.4 Å². The normalized spacial score (nSPS) is 17.2. The molecule has 8 heteroatoms. The number of benzene rings is 1. The molecule has 0 saturated carbocycles. The van der Waals surface area contributed by atoms with E-state index in [2.05, 4.69) is 29.5 Å². The fourth-order valence-electron chi connectivity index (χ4n) is 4.25. The molecular formula is C21H23ClN6O. The van der Waals surface area contributed by atoms with Crippen molar-refractivity contribution >= 4 is 23.4 Å². The van der Waals surface area contributed by atoms with Gasteiger partial charge < -0.3 is 14.5 Å². The fraction of sp³-hybridized carbons (Fsp3) is 0.381. The lowest BCUT2D eigenvalue weighted by Gasteiger charge is -2.41. The Bertz CT molecular complexity index is 997. The molecule has 150 valence electrons. The summed E-state index contributed by atoms with van der Waals surface area (Å²) in [7, 11) is 0. The number of halogens is 1. The van der Waals surface area contributed by atoms with Gasteiger partial charge in [0.15, 0.2) is 11.6 Å². The molecule has 7 nitrogen and oxygen atoms in total. The maximum atomic E-state index is 6.06. The molecule has 0 spiro atoms. The van der Waals surface area contributed by atoms with E-state index in [1.54, 1.807) is 0 Å². The Labute approximate surface area is 174 Å². The molecule has 1 saturated heterocycles. The Morgan fingerprint density at radius 2 is 1.83 bits per heavy atom. The Morgan fingerprint density at radius 1 is 1.03 bits per heavy atom. The van der Waals surface area contributed by atoms with Gasteiger partial charge in [-0.25, -0.2) is 4.98 Å². The third kappa shape index (κ3) is 3.40. The lowest BCUT2D eigenvalue weighted by Crippen LogP contribution is -2.48. The molecule has 1 fully saturated rings. The second-order valence-corrected chi connectivity index (χ2v) is 7.88. The number of rotatable bonds is 3. The van der Waals surface area contributed by atoms with Gasteiger partial charge in [0.2, 0.25) is 5.95 Å². The van der Waals surface area contributed by atoms with E-state index in [4.69, 9.17) is 16.3 Å². The third-order valence-corrected chi connectivity index (χ3v) is 5.95. The van der Waals surface area contributed by atoms with Crippen LogP contribution in [-0.4, -0.2) is 52.0 Å². The number of pyridine rings is 1. The van der Waals surface area contributed by atoms with Crippen molar-refractivity contribution in [2.24, 2.45) is 0 Å². The zero-order valence-electron chi connectivity index (χ0n) is 16.3. The smallest absolute Gasteiger partial charge is 0.231 e. The van der Waals surface area contributed by atoms with Gasteiger partial charge in [-0.3, -0.25) is 4.57 Å². The third-order valence-electron chi connectivity index (χ3n) is 5.69. The summed E-state index contributed by atoms with van der Waals surface area (Å²) in [6, 6.07) is 12.2. The average molecular weight is 411 g/mol. The van der Waals surface area contributed by atoms with E-state index in [1.807, 2.05) is 49.5 Å². The van der Waals surface area contributed by atoms with E-state index in [-0.39, 0.29) is 0 Å². The van der Waals surface area contributed by atoms with Crippen LogP contribution in [0, 0.1) is 6.92 Å². The van der Waals surface area contributed by atoms with Gasteiger partial charge in [-0.2, -0.15) is 0 Å². The van der Waals surface area contributed by atoms with Crippen molar-refractivity contribution in [2.75, 3.05) is 36.0 Å². The molecule has 29 heavy (non-hydrogen) atoms. The van der Waals surface area contributed by atoms with Crippen molar-refractivity contribution in [3.63, 3.8) is 0 Å². The Morgan fingerprint density at radius 3 is 2.62 bits per heavy atom. The summed E-state index contributed by atoms with van der Waals surface area (Å²) < 4.78 is 7.86. The van der Waals surface area contributed by atoms with Gasteiger partial charge in [-0.05, 0) is 56.2 Å². The van der Waals surface area contributed by atoms with Crippen LogP contribution < -0.4 is 14.5 Å². The molecule has 0 amide bonds. The van der Waals surface area contributed by atoms with E-state index in [0.717, 1.165) is 66.5 Å². The Balaban J connectivity index is 1.34. The monoisotopic (exact) mass is 410 g/mol. The average Bonchev–Trinajstić information content (AvgIpc) is 3.15. The second kappa shape index (κ2) is 7.55. The number of aryl methyl sites for hydroxylation is 1. The van der Waals surface area contributed by atoms with Gasteiger partial charge in [0.05, 0.1) is 12.2 Å². The molecule has 2 aromatic heterocycles. The highest BCUT2D eigenvalue weighted by Crippen LogP contribution is 2.33. The maximum Gasteiger partial charge on any atom is 0.231 e. The minimum Gasteiger partial charge on any atom is -0.488 e. The molecule has 0 atom stereocenters. The lowest BCUT2D eigenvalue weighted by molar-refractivity contribution is 0.290. The summed E-state index contributed by atoms with van der Waals surface area (Å²) in [5.41, 5.74) is 1.03. The topological polar surface area (TPSA) is 59.3 Å². The quantitative estimate of drug-likeness (QED) is 0.658. The van der Waals surface area contributed by atoms with Gasteiger partial charge in [-0.1, -0.05) is 11.6 Å². The molecule has 1 aromatic carbocycles. The number of nitrogens with zero attached hydrogens (tertiary/aromatic N) is 6. The summed E-state index contributed by atoms with van der Waals surface area (Å²) in [6.07, 6.45) is 3.93.